The first kappa shape index (κ1) is 18.7. The second kappa shape index (κ2) is 9.00. The zero-order valence-corrected chi connectivity index (χ0v) is 15.2. The van der Waals surface area contributed by atoms with Crippen molar-refractivity contribution in [3.63, 3.8) is 0 Å². The summed E-state index contributed by atoms with van der Waals surface area (Å²) in [5.74, 6) is 0.327. The van der Waals surface area contributed by atoms with E-state index in [9.17, 15) is 9.59 Å². The van der Waals surface area contributed by atoms with Crippen molar-refractivity contribution >= 4 is 29.1 Å². The minimum atomic E-state index is -0.188. The molecule has 0 radical (unpaired) electrons. The maximum Gasteiger partial charge on any atom is 0.251 e. The van der Waals surface area contributed by atoms with Crippen LogP contribution in [0.25, 0.3) is 11.3 Å². The Morgan fingerprint density at radius 1 is 1.11 bits per heavy atom. The van der Waals surface area contributed by atoms with Crippen molar-refractivity contribution < 1.29 is 14.0 Å². The lowest BCUT2D eigenvalue weighted by Crippen LogP contribution is -2.25. The zero-order chi connectivity index (χ0) is 19.1. The molecule has 0 aliphatic rings. The van der Waals surface area contributed by atoms with Gasteiger partial charge in [-0.25, -0.2) is 4.98 Å². The molecule has 0 saturated heterocycles. The van der Waals surface area contributed by atoms with E-state index in [-0.39, 0.29) is 11.8 Å². The molecule has 1 heterocycles. The Hall–Kier alpha value is -3.12. The summed E-state index contributed by atoms with van der Waals surface area (Å²) in [4.78, 5) is 27.9. The van der Waals surface area contributed by atoms with Gasteiger partial charge < -0.3 is 15.1 Å². The number of hydrogen-bond acceptors (Lipinski definition) is 4. The molecule has 0 saturated carbocycles. The molecule has 0 atom stereocenters. The van der Waals surface area contributed by atoms with Crippen LogP contribution in [-0.2, 0) is 4.79 Å². The molecule has 0 aliphatic heterocycles. The van der Waals surface area contributed by atoms with Crippen molar-refractivity contribution in [3.8, 4) is 11.3 Å². The lowest BCUT2D eigenvalue weighted by molar-refractivity contribution is -0.116. The fourth-order valence-electron chi connectivity index (χ4n) is 2.49. The van der Waals surface area contributed by atoms with Gasteiger partial charge in [0.15, 0.2) is 12.2 Å². The van der Waals surface area contributed by atoms with Crippen molar-refractivity contribution in [1.82, 2.24) is 10.3 Å². The van der Waals surface area contributed by atoms with Gasteiger partial charge in [-0.15, -0.1) is 0 Å². The van der Waals surface area contributed by atoms with Crippen LogP contribution < -0.4 is 10.6 Å². The molecule has 0 fully saturated rings. The number of nitrogens with one attached hydrogen (secondary N) is 2. The summed E-state index contributed by atoms with van der Waals surface area (Å²) in [6, 6.07) is 14.0. The van der Waals surface area contributed by atoms with Crippen LogP contribution in [-0.4, -0.2) is 23.3 Å². The predicted molar refractivity (Wildman–Crippen MR) is 104 cm³/mol. The smallest absolute Gasteiger partial charge is 0.251 e. The van der Waals surface area contributed by atoms with E-state index in [1.807, 2.05) is 18.2 Å². The number of carbonyl (C=O) groups excluding carboxylic acids is 2. The second-order valence-corrected chi connectivity index (χ2v) is 6.30. The predicted octanol–water partition coefficient (Wildman–Crippen LogP) is 4.14. The van der Waals surface area contributed by atoms with Gasteiger partial charge >= 0.3 is 0 Å². The van der Waals surface area contributed by atoms with Crippen LogP contribution in [0.3, 0.4) is 0 Å². The third-order valence-electron chi connectivity index (χ3n) is 3.84. The van der Waals surface area contributed by atoms with Crippen molar-refractivity contribution in [1.29, 1.82) is 0 Å². The van der Waals surface area contributed by atoms with Crippen LogP contribution in [0, 0.1) is 0 Å². The van der Waals surface area contributed by atoms with E-state index in [1.54, 1.807) is 36.5 Å². The van der Waals surface area contributed by atoms with Gasteiger partial charge in [-0.3, -0.25) is 9.59 Å². The standard InChI is InChI=1S/C20H18ClN3O3/c21-16-8-6-14(7-9-16)20(26)23-10-2-5-19(25)24-17-4-1-3-15(11-17)18-12-22-13-27-18/h1,3-4,6-9,11-13H,2,5,10H2,(H,23,26)(H,24,25). The zero-order valence-electron chi connectivity index (χ0n) is 14.4. The molecule has 7 heteroatoms. The molecule has 1 aromatic heterocycles. The number of benzene rings is 2. The van der Waals surface area contributed by atoms with Crippen LogP contribution in [0.2, 0.25) is 5.02 Å². The van der Waals surface area contributed by atoms with Crippen molar-refractivity contribution in [2.75, 3.05) is 11.9 Å². The SMILES string of the molecule is O=C(CCCNC(=O)c1ccc(Cl)cc1)Nc1cccc(-c2cnco2)c1. The van der Waals surface area contributed by atoms with E-state index in [4.69, 9.17) is 16.0 Å². The molecule has 0 bridgehead atoms. The van der Waals surface area contributed by atoms with E-state index < -0.39 is 0 Å². The normalized spacial score (nSPS) is 10.4. The summed E-state index contributed by atoms with van der Waals surface area (Å²) in [5, 5.41) is 6.21. The lowest BCUT2D eigenvalue weighted by atomic mass is 10.1. The molecule has 138 valence electrons. The summed E-state index contributed by atoms with van der Waals surface area (Å²) >= 11 is 5.80. The minimum Gasteiger partial charge on any atom is -0.444 e. The van der Waals surface area contributed by atoms with Gasteiger partial charge in [-0.1, -0.05) is 23.7 Å². The lowest BCUT2D eigenvalue weighted by Gasteiger charge is -2.08. The van der Waals surface area contributed by atoms with Gasteiger partial charge in [-0.05, 0) is 42.8 Å². The highest BCUT2D eigenvalue weighted by molar-refractivity contribution is 6.30. The number of nitrogens with zero attached hydrogens (tertiary/aromatic N) is 1. The molecule has 6 nitrogen and oxygen atoms in total. The highest BCUT2D eigenvalue weighted by atomic mass is 35.5. The van der Waals surface area contributed by atoms with E-state index >= 15 is 0 Å². The topological polar surface area (TPSA) is 84.2 Å². The molecular formula is C20H18ClN3O3. The summed E-state index contributed by atoms with van der Waals surface area (Å²) < 4.78 is 5.25. The molecule has 0 unspecified atom stereocenters. The number of aromatic nitrogens is 1. The summed E-state index contributed by atoms with van der Waals surface area (Å²) in [5.41, 5.74) is 2.05. The van der Waals surface area contributed by atoms with Gasteiger partial charge in [0.2, 0.25) is 5.91 Å². The van der Waals surface area contributed by atoms with Crippen molar-refractivity contribution in [3.05, 3.63) is 71.7 Å². The largest absolute Gasteiger partial charge is 0.444 e. The molecule has 0 aliphatic carbocycles. The van der Waals surface area contributed by atoms with Gasteiger partial charge in [-0.2, -0.15) is 0 Å². The number of oxazole rings is 1. The van der Waals surface area contributed by atoms with E-state index in [0.717, 1.165) is 5.56 Å². The van der Waals surface area contributed by atoms with Gasteiger partial charge in [0.05, 0.1) is 6.20 Å². The second-order valence-electron chi connectivity index (χ2n) is 5.86. The fourth-order valence-corrected chi connectivity index (χ4v) is 2.61. The minimum absolute atomic E-state index is 0.120. The molecule has 2 amide bonds. The summed E-state index contributed by atoms with van der Waals surface area (Å²) in [6.07, 6.45) is 3.81. The Kier molecular flexibility index (Phi) is 6.22. The Morgan fingerprint density at radius 3 is 2.67 bits per heavy atom. The van der Waals surface area contributed by atoms with Crippen LogP contribution >= 0.6 is 11.6 Å². The summed E-state index contributed by atoms with van der Waals surface area (Å²) in [7, 11) is 0. The Labute approximate surface area is 161 Å². The molecular weight excluding hydrogens is 366 g/mol. The van der Waals surface area contributed by atoms with Gasteiger partial charge in [0.25, 0.3) is 5.91 Å². The number of rotatable bonds is 7. The third-order valence-corrected chi connectivity index (χ3v) is 4.09. The number of halogens is 1. The number of amides is 2. The van der Waals surface area contributed by atoms with Crippen LogP contribution in [0.5, 0.6) is 0 Å². The first-order valence-corrected chi connectivity index (χ1v) is 8.82. The molecule has 3 rings (SSSR count). The number of carbonyl (C=O) groups is 2. The Morgan fingerprint density at radius 2 is 1.93 bits per heavy atom. The highest BCUT2D eigenvalue weighted by Gasteiger charge is 2.07. The molecule has 3 aromatic rings. The number of anilines is 1. The molecule has 0 spiro atoms. The van der Waals surface area contributed by atoms with E-state index in [2.05, 4.69) is 15.6 Å². The van der Waals surface area contributed by atoms with Crippen molar-refractivity contribution in [2.45, 2.75) is 12.8 Å². The molecule has 2 N–H and O–H groups in total. The average Bonchev–Trinajstić information content (AvgIpc) is 3.21. The maximum atomic E-state index is 12.1. The van der Waals surface area contributed by atoms with Crippen LogP contribution in [0.4, 0.5) is 5.69 Å². The van der Waals surface area contributed by atoms with Crippen LogP contribution in [0.1, 0.15) is 23.2 Å². The fraction of sp³-hybridized carbons (Fsp3) is 0.150. The Balaban J connectivity index is 1.43. The number of hydrogen-bond donors (Lipinski definition) is 2. The first-order valence-electron chi connectivity index (χ1n) is 8.44. The first-order chi connectivity index (χ1) is 13.1. The maximum absolute atomic E-state index is 12.1. The molecule has 2 aromatic carbocycles. The summed E-state index contributed by atoms with van der Waals surface area (Å²) in [6.45, 7) is 0.410. The van der Waals surface area contributed by atoms with Gasteiger partial charge in [0.1, 0.15) is 0 Å². The third kappa shape index (κ3) is 5.43. The monoisotopic (exact) mass is 383 g/mol. The average molecular weight is 384 g/mol. The van der Waals surface area contributed by atoms with Crippen molar-refractivity contribution in [2.24, 2.45) is 0 Å². The molecule has 27 heavy (non-hydrogen) atoms. The van der Waals surface area contributed by atoms with Gasteiger partial charge in [0, 0.05) is 34.8 Å². The Bertz CT molecular complexity index is 908. The quantitative estimate of drug-likeness (QED) is 0.600. The van der Waals surface area contributed by atoms with E-state index in [1.165, 1.54) is 6.39 Å². The van der Waals surface area contributed by atoms with E-state index in [0.29, 0.717) is 41.4 Å². The van der Waals surface area contributed by atoms with Crippen LogP contribution in [0.15, 0.2) is 65.5 Å². The highest BCUT2D eigenvalue weighted by Crippen LogP contribution is 2.22.